The van der Waals surface area contributed by atoms with Crippen LogP contribution in [0.4, 0.5) is 5.69 Å². The lowest BCUT2D eigenvalue weighted by atomic mass is 10.1. The van der Waals surface area contributed by atoms with Gasteiger partial charge in [0.25, 0.3) is 5.91 Å². The maximum atomic E-state index is 13.1. The summed E-state index contributed by atoms with van der Waals surface area (Å²) in [5, 5.41) is 2.27. The highest BCUT2D eigenvalue weighted by molar-refractivity contribution is 6.09. The van der Waals surface area contributed by atoms with Gasteiger partial charge in [0.05, 0.1) is 5.56 Å². The number of amides is 1. The van der Waals surface area contributed by atoms with Gasteiger partial charge in [-0.1, -0.05) is 36.4 Å². The molecule has 120 valence electrons. The summed E-state index contributed by atoms with van der Waals surface area (Å²) < 4.78 is 10.9. The van der Waals surface area contributed by atoms with Crippen molar-refractivity contribution in [2.24, 2.45) is 0 Å². The summed E-state index contributed by atoms with van der Waals surface area (Å²) in [5.41, 5.74) is 1.40. The Labute approximate surface area is 140 Å². The first-order valence-electron chi connectivity index (χ1n) is 7.97. The van der Waals surface area contributed by atoms with Gasteiger partial charge in [0, 0.05) is 12.2 Å². The van der Waals surface area contributed by atoms with Crippen molar-refractivity contribution in [2.75, 3.05) is 18.2 Å². The minimum absolute atomic E-state index is 0.0878. The molecular formula is C20H17NO3. The standard InChI is InChI=1S/C20H17NO3/c1-2-21(16-11-10-14-6-3-4-7-15(14)12-16)20(22)17-8-5-9-18-19(17)24-13-23-18/h3-12H,2,13H2,1H3. The molecule has 0 saturated carbocycles. The molecule has 0 aromatic heterocycles. The first-order valence-corrected chi connectivity index (χ1v) is 7.97. The zero-order valence-electron chi connectivity index (χ0n) is 13.4. The fourth-order valence-electron chi connectivity index (χ4n) is 3.03. The number of ether oxygens (including phenoxy) is 2. The molecule has 0 spiro atoms. The molecule has 0 aliphatic carbocycles. The van der Waals surface area contributed by atoms with Crippen LogP contribution in [-0.2, 0) is 0 Å². The number of carbonyl (C=O) groups excluding carboxylic acids is 1. The van der Waals surface area contributed by atoms with E-state index in [1.165, 1.54) is 0 Å². The quantitative estimate of drug-likeness (QED) is 0.725. The van der Waals surface area contributed by atoms with Crippen molar-refractivity contribution in [3.63, 3.8) is 0 Å². The van der Waals surface area contributed by atoms with E-state index in [2.05, 4.69) is 6.07 Å². The van der Waals surface area contributed by atoms with Gasteiger partial charge in [0.1, 0.15) is 0 Å². The van der Waals surface area contributed by atoms with Crippen molar-refractivity contribution >= 4 is 22.4 Å². The number of nitrogens with zero attached hydrogens (tertiary/aromatic N) is 1. The average molecular weight is 319 g/mol. The molecular weight excluding hydrogens is 302 g/mol. The molecule has 3 aromatic rings. The predicted octanol–water partition coefficient (Wildman–Crippen LogP) is 4.24. The lowest BCUT2D eigenvalue weighted by Crippen LogP contribution is -2.30. The summed E-state index contributed by atoms with van der Waals surface area (Å²) in [5.74, 6) is 1.06. The highest BCUT2D eigenvalue weighted by Gasteiger charge is 2.25. The normalized spacial score (nSPS) is 12.4. The van der Waals surface area contributed by atoms with E-state index in [0.717, 1.165) is 16.5 Å². The Hall–Kier alpha value is -3.01. The zero-order chi connectivity index (χ0) is 16.5. The first-order chi connectivity index (χ1) is 11.8. The van der Waals surface area contributed by atoms with Gasteiger partial charge in [-0.25, -0.2) is 0 Å². The molecule has 24 heavy (non-hydrogen) atoms. The molecule has 4 nitrogen and oxygen atoms in total. The smallest absolute Gasteiger partial charge is 0.262 e. The predicted molar refractivity (Wildman–Crippen MR) is 93.9 cm³/mol. The van der Waals surface area contributed by atoms with E-state index in [-0.39, 0.29) is 12.7 Å². The Balaban J connectivity index is 1.75. The van der Waals surface area contributed by atoms with Crippen molar-refractivity contribution < 1.29 is 14.3 Å². The second kappa shape index (κ2) is 5.89. The van der Waals surface area contributed by atoms with Crippen molar-refractivity contribution in [2.45, 2.75) is 6.92 Å². The van der Waals surface area contributed by atoms with E-state index in [4.69, 9.17) is 9.47 Å². The minimum atomic E-state index is -0.0878. The van der Waals surface area contributed by atoms with E-state index in [1.807, 2.05) is 55.5 Å². The van der Waals surface area contributed by atoms with Crippen LogP contribution in [0.15, 0.2) is 60.7 Å². The number of hydrogen-bond donors (Lipinski definition) is 0. The molecule has 0 N–H and O–H groups in total. The third kappa shape index (κ3) is 2.36. The summed E-state index contributed by atoms with van der Waals surface area (Å²) in [6, 6.07) is 19.6. The SMILES string of the molecule is CCN(C(=O)c1cccc2c1OCO2)c1ccc2ccccc2c1. The molecule has 0 fully saturated rings. The molecule has 1 heterocycles. The van der Waals surface area contributed by atoms with Crippen LogP contribution in [0.2, 0.25) is 0 Å². The summed E-state index contributed by atoms with van der Waals surface area (Å²) in [6.45, 7) is 2.69. The lowest BCUT2D eigenvalue weighted by molar-refractivity contribution is 0.0983. The van der Waals surface area contributed by atoms with Gasteiger partial charge >= 0.3 is 0 Å². The van der Waals surface area contributed by atoms with E-state index >= 15 is 0 Å². The second-order valence-corrected chi connectivity index (χ2v) is 5.62. The van der Waals surface area contributed by atoms with Crippen molar-refractivity contribution in [1.29, 1.82) is 0 Å². The minimum Gasteiger partial charge on any atom is -0.454 e. The Kier molecular flexibility index (Phi) is 3.58. The van der Waals surface area contributed by atoms with Crippen LogP contribution in [0.3, 0.4) is 0 Å². The maximum absolute atomic E-state index is 13.1. The monoisotopic (exact) mass is 319 g/mol. The largest absolute Gasteiger partial charge is 0.454 e. The van der Waals surface area contributed by atoms with Crippen LogP contribution in [0.1, 0.15) is 17.3 Å². The fourth-order valence-corrected chi connectivity index (χ4v) is 3.03. The lowest BCUT2D eigenvalue weighted by Gasteiger charge is -2.22. The summed E-state index contributed by atoms with van der Waals surface area (Å²) in [4.78, 5) is 14.8. The first kappa shape index (κ1) is 14.6. The molecule has 0 saturated heterocycles. The van der Waals surface area contributed by atoms with Crippen LogP contribution < -0.4 is 14.4 Å². The Morgan fingerprint density at radius 2 is 1.83 bits per heavy atom. The number of anilines is 1. The maximum Gasteiger partial charge on any atom is 0.262 e. The van der Waals surface area contributed by atoms with Crippen LogP contribution in [0, 0.1) is 0 Å². The van der Waals surface area contributed by atoms with Crippen LogP contribution in [0.25, 0.3) is 10.8 Å². The molecule has 3 aromatic carbocycles. The number of hydrogen-bond acceptors (Lipinski definition) is 3. The van der Waals surface area contributed by atoms with Gasteiger partial charge < -0.3 is 14.4 Å². The van der Waals surface area contributed by atoms with Gasteiger partial charge in [-0.05, 0) is 42.0 Å². The number of benzene rings is 3. The molecule has 0 atom stereocenters. The van der Waals surface area contributed by atoms with Gasteiger partial charge in [-0.15, -0.1) is 0 Å². The molecule has 0 unspecified atom stereocenters. The number of rotatable bonds is 3. The molecule has 4 heteroatoms. The van der Waals surface area contributed by atoms with Gasteiger partial charge in [-0.2, -0.15) is 0 Å². The van der Waals surface area contributed by atoms with Crippen LogP contribution >= 0.6 is 0 Å². The topological polar surface area (TPSA) is 38.8 Å². The molecule has 1 amide bonds. The van der Waals surface area contributed by atoms with E-state index in [1.54, 1.807) is 11.0 Å². The Bertz CT molecular complexity index is 920. The molecule has 4 rings (SSSR count). The van der Waals surface area contributed by atoms with Crippen LogP contribution in [0.5, 0.6) is 11.5 Å². The second-order valence-electron chi connectivity index (χ2n) is 5.62. The number of carbonyl (C=O) groups is 1. The highest BCUT2D eigenvalue weighted by Crippen LogP contribution is 2.36. The number of fused-ring (bicyclic) bond motifs is 2. The van der Waals surface area contributed by atoms with E-state index in [0.29, 0.717) is 23.6 Å². The Morgan fingerprint density at radius 3 is 2.67 bits per heavy atom. The summed E-state index contributed by atoms with van der Waals surface area (Å²) >= 11 is 0. The average Bonchev–Trinajstić information content (AvgIpc) is 3.11. The van der Waals surface area contributed by atoms with Crippen LogP contribution in [-0.4, -0.2) is 19.2 Å². The Morgan fingerprint density at radius 1 is 1.00 bits per heavy atom. The fraction of sp³-hybridized carbons (Fsp3) is 0.150. The molecule has 1 aliphatic heterocycles. The third-order valence-electron chi connectivity index (χ3n) is 4.23. The summed E-state index contributed by atoms with van der Waals surface area (Å²) in [7, 11) is 0. The summed E-state index contributed by atoms with van der Waals surface area (Å²) in [6.07, 6.45) is 0. The molecule has 0 radical (unpaired) electrons. The van der Waals surface area contributed by atoms with Gasteiger partial charge in [0.15, 0.2) is 11.5 Å². The van der Waals surface area contributed by atoms with Crippen molar-refractivity contribution in [3.05, 3.63) is 66.2 Å². The van der Waals surface area contributed by atoms with E-state index < -0.39 is 0 Å². The third-order valence-corrected chi connectivity index (χ3v) is 4.23. The number of para-hydroxylation sites is 1. The van der Waals surface area contributed by atoms with E-state index in [9.17, 15) is 4.79 Å². The zero-order valence-corrected chi connectivity index (χ0v) is 13.4. The van der Waals surface area contributed by atoms with Crippen molar-refractivity contribution in [1.82, 2.24) is 0 Å². The van der Waals surface area contributed by atoms with Crippen molar-refractivity contribution in [3.8, 4) is 11.5 Å². The van der Waals surface area contributed by atoms with Gasteiger partial charge in [-0.3, -0.25) is 4.79 Å². The highest BCUT2D eigenvalue weighted by atomic mass is 16.7. The molecule has 1 aliphatic rings. The molecule has 0 bridgehead atoms. The van der Waals surface area contributed by atoms with Gasteiger partial charge in [0.2, 0.25) is 6.79 Å².